The predicted octanol–water partition coefficient (Wildman–Crippen LogP) is 2.13. The van der Waals surface area contributed by atoms with Crippen molar-refractivity contribution >= 4 is 33.4 Å². The van der Waals surface area contributed by atoms with Crippen molar-refractivity contribution < 1.29 is 33.0 Å². The molecule has 0 saturated heterocycles. The fourth-order valence-corrected chi connectivity index (χ4v) is 4.59. The minimum Gasteiger partial charge on any atom is -0.394 e. The first-order valence-electron chi connectivity index (χ1n) is 14.1. The number of sulfonamides is 1. The van der Waals surface area contributed by atoms with Crippen LogP contribution in [0.2, 0.25) is 0 Å². The van der Waals surface area contributed by atoms with Crippen LogP contribution in [0.25, 0.3) is 0 Å². The smallest absolute Gasteiger partial charge is 0.251 e. The van der Waals surface area contributed by atoms with Crippen LogP contribution in [-0.4, -0.2) is 81.0 Å². The third-order valence-corrected chi connectivity index (χ3v) is 8.06. The van der Waals surface area contributed by atoms with Gasteiger partial charge in [0.2, 0.25) is 15.9 Å². The molecule has 0 aliphatic heterocycles. The van der Waals surface area contributed by atoms with Gasteiger partial charge < -0.3 is 26.2 Å². The summed E-state index contributed by atoms with van der Waals surface area (Å²) in [5, 5.41) is 29.1. The Hall–Kier alpha value is -2.70. The van der Waals surface area contributed by atoms with Crippen molar-refractivity contribution in [1.82, 2.24) is 16.0 Å². The van der Waals surface area contributed by atoms with Crippen LogP contribution in [0.1, 0.15) is 82.0 Å². The van der Waals surface area contributed by atoms with Crippen molar-refractivity contribution in [1.29, 1.82) is 0 Å². The number of carbonyl (C=O) groups is 3. The van der Waals surface area contributed by atoms with E-state index in [0.717, 1.165) is 10.6 Å². The molecule has 0 saturated carbocycles. The van der Waals surface area contributed by atoms with Crippen LogP contribution in [-0.2, 0) is 14.8 Å². The van der Waals surface area contributed by atoms with Gasteiger partial charge in [0.05, 0.1) is 36.7 Å². The molecule has 0 spiro atoms. The molecular formula is C29H50N4O7S. The quantitative estimate of drug-likeness (QED) is 0.194. The van der Waals surface area contributed by atoms with E-state index in [2.05, 4.69) is 16.0 Å². The topological polar surface area (TPSA) is 165 Å². The van der Waals surface area contributed by atoms with Gasteiger partial charge in [-0.3, -0.25) is 18.7 Å². The van der Waals surface area contributed by atoms with Gasteiger partial charge in [-0.15, -0.1) is 0 Å². The summed E-state index contributed by atoms with van der Waals surface area (Å²) in [6.07, 6.45) is 0.537. The second-order valence-corrected chi connectivity index (χ2v) is 14.1. The first-order chi connectivity index (χ1) is 18.9. The van der Waals surface area contributed by atoms with Gasteiger partial charge in [0.25, 0.3) is 11.8 Å². The van der Waals surface area contributed by atoms with Crippen LogP contribution in [0, 0.1) is 23.7 Å². The molecule has 12 heteroatoms. The second-order valence-electron chi connectivity index (χ2n) is 12.1. The van der Waals surface area contributed by atoms with E-state index in [1.807, 2.05) is 41.5 Å². The molecular weight excluding hydrogens is 548 g/mol. The highest BCUT2D eigenvalue weighted by atomic mass is 32.2. The largest absolute Gasteiger partial charge is 0.394 e. The van der Waals surface area contributed by atoms with Gasteiger partial charge in [0, 0.05) is 30.6 Å². The number of nitrogens with zero attached hydrogens (tertiary/aromatic N) is 1. The highest BCUT2D eigenvalue weighted by Crippen LogP contribution is 2.22. The number of aliphatic hydroxyl groups is 2. The fraction of sp³-hybridized carbons (Fsp3) is 0.690. The first kappa shape index (κ1) is 36.3. The van der Waals surface area contributed by atoms with Crippen LogP contribution >= 0.6 is 0 Å². The zero-order chi connectivity index (χ0) is 31.7. The van der Waals surface area contributed by atoms with Gasteiger partial charge in [0.1, 0.15) is 0 Å². The molecule has 0 unspecified atom stereocenters. The van der Waals surface area contributed by atoms with Crippen LogP contribution in [0.3, 0.4) is 0 Å². The molecule has 1 aromatic rings. The van der Waals surface area contributed by atoms with Crippen molar-refractivity contribution in [2.45, 2.75) is 79.5 Å². The third-order valence-electron chi connectivity index (χ3n) is 6.85. The summed E-state index contributed by atoms with van der Waals surface area (Å²) in [6.45, 7) is 13.5. The number of anilines is 1. The van der Waals surface area contributed by atoms with Gasteiger partial charge >= 0.3 is 0 Å². The maximum Gasteiger partial charge on any atom is 0.251 e. The van der Waals surface area contributed by atoms with E-state index in [4.69, 9.17) is 0 Å². The standard InChI is InChI=1S/C29H50N4O7S/c1-17(2)10-24(26(35)11-20(7)27(36)30-15-18(3)4)31-28(37)21-12-22(29(38)32-25(16-34)19(5)6)14-23(13-21)33(8)41(9,39)40/h12-14,17-20,24-26,34-35H,10-11,15-16H2,1-9H3,(H,30,36)(H,31,37)(H,32,38)/t20-,24+,25-,26+/m1/s1. The maximum absolute atomic E-state index is 13.5. The lowest BCUT2D eigenvalue weighted by Gasteiger charge is -2.28. The van der Waals surface area contributed by atoms with E-state index in [9.17, 15) is 33.0 Å². The number of benzene rings is 1. The summed E-state index contributed by atoms with van der Waals surface area (Å²) in [6, 6.07) is 2.83. The number of carbonyl (C=O) groups excluding carboxylic acids is 3. The number of rotatable bonds is 16. The van der Waals surface area contributed by atoms with Crippen LogP contribution < -0.4 is 20.3 Å². The Morgan fingerprint density at radius 3 is 1.78 bits per heavy atom. The molecule has 3 amide bonds. The first-order valence-corrected chi connectivity index (χ1v) is 16.0. The normalized spacial score (nSPS) is 14.9. The fourth-order valence-electron chi connectivity index (χ4n) is 4.11. The molecule has 1 rings (SSSR count). The monoisotopic (exact) mass is 598 g/mol. The number of hydrogen-bond acceptors (Lipinski definition) is 7. The van der Waals surface area contributed by atoms with Gasteiger partial charge in [-0.1, -0.05) is 48.5 Å². The Labute approximate surface area is 245 Å². The van der Waals surface area contributed by atoms with Crippen LogP contribution in [0.4, 0.5) is 5.69 Å². The summed E-state index contributed by atoms with van der Waals surface area (Å²) >= 11 is 0. The lowest BCUT2D eigenvalue weighted by atomic mass is 9.92. The lowest BCUT2D eigenvalue weighted by Crippen LogP contribution is -2.46. The van der Waals surface area contributed by atoms with Crippen molar-refractivity contribution in [3.63, 3.8) is 0 Å². The molecule has 234 valence electrons. The maximum atomic E-state index is 13.5. The number of amides is 3. The number of hydrogen-bond donors (Lipinski definition) is 5. The van der Waals surface area contributed by atoms with E-state index >= 15 is 0 Å². The Morgan fingerprint density at radius 2 is 1.37 bits per heavy atom. The SMILES string of the molecule is CC(C)CNC(=O)[C@H](C)C[C@H](O)[C@H](CC(C)C)NC(=O)c1cc(C(=O)N[C@H](CO)C(C)C)cc(N(C)S(C)(=O)=O)c1. The van der Waals surface area contributed by atoms with Gasteiger partial charge in [-0.05, 0) is 48.8 Å². The van der Waals surface area contributed by atoms with E-state index in [0.29, 0.717) is 13.0 Å². The van der Waals surface area contributed by atoms with Crippen LogP contribution in [0.15, 0.2) is 18.2 Å². The van der Waals surface area contributed by atoms with E-state index in [-0.39, 0.29) is 53.5 Å². The molecule has 5 N–H and O–H groups in total. The molecule has 0 fully saturated rings. The summed E-state index contributed by atoms with van der Waals surface area (Å²) in [5.74, 6) is -1.52. The van der Waals surface area contributed by atoms with E-state index in [1.54, 1.807) is 6.92 Å². The third kappa shape index (κ3) is 12.0. The number of nitrogens with one attached hydrogen (secondary N) is 3. The summed E-state index contributed by atoms with van der Waals surface area (Å²) in [4.78, 5) is 39.0. The summed E-state index contributed by atoms with van der Waals surface area (Å²) < 4.78 is 25.5. The number of aliphatic hydroxyl groups excluding tert-OH is 2. The molecule has 1 aromatic carbocycles. The average Bonchev–Trinajstić information content (AvgIpc) is 2.87. The minimum absolute atomic E-state index is 0.0249. The molecule has 11 nitrogen and oxygen atoms in total. The van der Waals surface area contributed by atoms with Gasteiger partial charge in [-0.2, -0.15) is 0 Å². The lowest BCUT2D eigenvalue weighted by molar-refractivity contribution is -0.125. The second kappa shape index (κ2) is 16.1. The summed E-state index contributed by atoms with van der Waals surface area (Å²) in [7, 11) is -2.40. The summed E-state index contributed by atoms with van der Waals surface area (Å²) in [5.41, 5.74) is 0.169. The van der Waals surface area contributed by atoms with Crippen molar-refractivity contribution in [3.8, 4) is 0 Å². The van der Waals surface area contributed by atoms with E-state index in [1.165, 1.54) is 25.2 Å². The molecule has 0 bridgehead atoms. The Morgan fingerprint density at radius 1 is 0.854 bits per heavy atom. The zero-order valence-electron chi connectivity index (χ0n) is 25.9. The highest BCUT2D eigenvalue weighted by molar-refractivity contribution is 7.92. The predicted molar refractivity (Wildman–Crippen MR) is 161 cm³/mol. The Bertz CT molecular complexity index is 1140. The molecule has 0 aromatic heterocycles. The molecule has 41 heavy (non-hydrogen) atoms. The van der Waals surface area contributed by atoms with Crippen molar-refractivity contribution in [2.75, 3.05) is 30.8 Å². The van der Waals surface area contributed by atoms with Crippen LogP contribution in [0.5, 0.6) is 0 Å². The van der Waals surface area contributed by atoms with Crippen molar-refractivity contribution in [3.05, 3.63) is 29.3 Å². The minimum atomic E-state index is -3.71. The molecule has 4 atom stereocenters. The molecule has 0 radical (unpaired) electrons. The van der Waals surface area contributed by atoms with E-state index < -0.39 is 45.9 Å². The zero-order valence-corrected chi connectivity index (χ0v) is 26.7. The Balaban J connectivity index is 3.34. The van der Waals surface area contributed by atoms with Crippen molar-refractivity contribution in [2.24, 2.45) is 23.7 Å². The molecule has 0 heterocycles. The molecule has 0 aliphatic rings. The van der Waals surface area contributed by atoms with Gasteiger partial charge in [0.15, 0.2) is 0 Å². The van der Waals surface area contributed by atoms with Gasteiger partial charge in [-0.25, -0.2) is 8.42 Å². The Kier molecular flexibility index (Phi) is 14.2. The highest BCUT2D eigenvalue weighted by Gasteiger charge is 2.28. The molecule has 0 aliphatic carbocycles. The average molecular weight is 599 g/mol.